The summed E-state index contributed by atoms with van der Waals surface area (Å²) < 4.78 is 15.8. The first-order chi connectivity index (χ1) is 13.1. The molecule has 0 aliphatic carbocycles. The highest BCUT2D eigenvalue weighted by Crippen LogP contribution is 2.12. The zero-order chi connectivity index (χ0) is 19.5. The minimum atomic E-state index is -0.0373. The molecule has 0 bridgehead atoms. The fraction of sp³-hybridized carbons (Fsp3) is 0.600. The lowest BCUT2D eigenvalue weighted by Gasteiger charge is -2.34. The second kappa shape index (κ2) is 11.6. The first-order valence-electron chi connectivity index (χ1n) is 9.42. The number of ether oxygens (including phenoxy) is 3. The van der Waals surface area contributed by atoms with Crippen LogP contribution in [0.2, 0.25) is 0 Å². The van der Waals surface area contributed by atoms with Gasteiger partial charge in [0.05, 0.1) is 19.8 Å². The summed E-state index contributed by atoms with van der Waals surface area (Å²) >= 11 is 0. The van der Waals surface area contributed by atoms with Crippen molar-refractivity contribution in [1.82, 2.24) is 9.80 Å². The second-order valence-electron chi connectivity index (χ2n) is 6.57. The van der Waals surface area contributed by atoms with Gasteiger partial charge in [-0.15, -0.1) is 0 Å². The Balaban J connectivity index is 1.58. The highest BCUT2D eigenvalue weighted by Gasteiger charge is 2.23. The Morgan fingerprint density at radius 3 is 2.19 bits per heavy atom. The Kier molecular flexibility index (Phi) is 9.07. The molecule has 1 aromatic carbocycles. The van der Waals surface area contributed by atoms with E-state index in [9.17, 15) is 9.59 Å². The van der Waals surface area contributed by atoms with Gasteiger partial charge in [-0.1, -0.05) is 17.7 Å². The average Bonchev–Trinajstić information content (AvgIpc) is 2.69. The number of carbonyl (C=O) groups is 2. The van der Waals surface area contributed by atoms with E-state index in [4.69, 9.17) is 14.2 Å². The van der Waals surface area contributed by atoms with Gasteiger partial charge < -0.3 is 24.0 Å². The van der Waals surface area contributed by atoms with Crippen molar-refractivity contribution in [2.45, 2.75) is 19.8 Å². The van der Waals surface area contributed by atoms with Crippen molar-refractivity contribution in [3.05, 3.63) is 29.8 Å². The molecule has 1 fully saturated rings. The Morgan fingerprint density at radius 2 is 1.56 bits per heavy atom. The van der Waals surface area contributed by atoms with E-state index in [1.807, 2.05) is 36.1 Å². The first kappa shape index (κ1) is 21.2. The van der Waals surface area contributed by atoms with Gasteiger partial charge in [0.25, 0.3) is 0 Å². The summed E-state index contributed by atoms with van der Waals surface area (Å²) in [6.45, 7) is 5.75. The molecule has 0 N–H and O–H groups in total. The van der Waals surface area contributed by atoms with Gasteiger partial charge in [0, 0.05) is 39.7 Å². The lowest BCUT2D eigenvalue weighted by atomic mass is 10.2. The van der Waals surface area contributed by atoms with E-state index < -0.39 is 0 Å². The molecular weight excluding hydrogens is 348 g/mol. The van der Waals surface area contributed by atoms with Crippen LogP contribution in [-0.2, 0) is 19.1 Å². The highest BCUT2D eigenvalue weighted by molar-refractivity contribution is 5.79. The Bertz CT molecular complexity index is 583. The third-order valence-electron chi connectivity index (χ3n) is 4.47. The molecule has 0 unspecified atom stereocenters. The lowest BCUT2D eigenvalue weighted by molar-refractivity contribution is -0.142. The number of amides is 2. The lowest BCUT2D eigenvalue weighted by Crippen LogP contribution is -2.51. The number of carbonyl (C=O) groups excluding carboxylic acids is 2. The molecule has 1 heterocycles. The molecule has 2 amide bonds. The zero-order valence-electron chi connectivity index (χ0n) is 16.3. The molecule has 0 atom stereocenters. The van der Waals surface area contributed by atoms with Gasteiger partial charge in [-0.2, -0.15) is 0 Å². The number of hydrogen-bond acceptors (Lipinski definition) is 5. The highest BCUT2D eigenvalue weighted by atomic mass is 16.5. The summed E-state index contributed by atoms with van der Waals surface area (Å²) in [6.07, 6.45) is 1.14. The van der Waals surface area contributed by atoms with Gasteiger partial charge in [0.2, 0.25) is 11.8 Å². The van der Waals surface area contributed by atoms with Crippen molar-refractivity contribution in [3.63, 3.8) is 0 Å². The molecule has 1 aliphatic heterocycles. The smallest absolute Gasteiger partial charge is 0.248 e. The summed E-state index contributed by atoms with van der Waals surface area (Å²) in [5, 5.41) is 0. The van der Waals surface area contributed by atoms with E-state index in [2.05, 4.69) is 0 Å². The van der Waals surface area contributed by atoms with Crippen LogP contribution in [0, 0.1) is 6.92 Å². The van der Waals surface area contributed by atoms with Crippen LogP contribution in [0.3, 0.4) is 0 Å². The van der Waals surface area contributed by atoms with Gasteiger partial charge in [0.15, 0.2) is 0 Å². The van der Waals surface area contributed by atoms with Crippen molar-refractivity contribution < 1.29 is 23.8 Å². The summed E-state index contributed by atoms with van der Waals surface area (Å²) in [6, 6.07) is 7.88. The maximum atomic E-state index is 12.3. The molecule has 1 saturated heterocycles. The number of aryl methyl sites for hydroxylation is 1. The number of methoxy groups -OCH3 is 1. The maximum Gasteiger partial charge on any atom is 0.248 e. The Hall–Kier alpha value is -2.12. The van der Waals surface area contributed by atoms with Gasteiger partial charge in [-0.25, -0.2) is 0 Å². The number of hydrogen-bond donors (Lipinski definition) is 0. The molecule has 2 rings (SSSR count). The van der Waals surface area contributed by atoms with Crippen molar-refractivity contribution in [2.75, 3.05) is 59.7 Å². The Morgan fingerprint density at radius 1 is 0.926 bits per heavy atom. The fourth-order valence-corrected chi connectivity index (χ4v) is 2.80. The fourth-order valence-electron chi connectivity index (χ4n) is 2.80. The topological polar surface area (TPSA) is 68.3 Å². The molecule has 27 heavy (non-hydrogen) atoms. The van der Waals surface area contributed by atoms with Crippen molar-refractivity contribution in [1.29, 1.82) is 0 Å². The molecule has 0 aromatic heterocycles. The Labute approximate surface area is 161 Å². The summed E-state index contributed by atoms with van der Waals surface area (Å²) in [7, 11) is 1.59. The summed E-state index contributed by atoms with van der Waals surface area (Å²) in [5.41, 5.74) is 1.19. The maximum absolute atomic E-state index is 12.3. The predicted octanol–water partition coefficient (Wildman–Crippen LogP) is 1.49. The minimum absolute atomic E-state index is 0.0373. The van der Waals surface area contributed by atoms with Crippen LogP contribution in [0.4, 0.5) is 0 Å². The van der Waals surface area contributed by atoms with Crippen LogP contribution in [0.15, 0.2) is 24.3 Å². The first-order valence-corrected chi connectivity index (χ1v) is 9.42. The normalized spacial score (nSPS) is 14.3. The van der Waals surface area contributed by atoms with Gasteiger partial charge in [-0.3, -0.25) is 9.59 Å². The molecule has 0 spiro atoms. The summed E-state index contributed by atoms with van der Waals surface area (Å²) in [5.74, 6) is 0.906. The number of nitrogens with zero attached hydrogens (tertiary/aromatic N) is 2. The molecule has 150 valence electrons. The van der Waals surface area contributed by atoms with E-state index in [-0.39, 0.29) is 18.4 Å². The molecule has 7 nitrogen and oxygen atoms in total. The van der Waals surface area contributed by atoms with Crippen molar-refractivity contribution in [2.24, 2.45) is 0 Å². The predicted molar refractivity (Wildman–Crippen MR) is 102 cm³/mol. The third-order valence-corrected chi connectivity index (χ3v) is 4.47. The van der Waals surface area contributed by atoms with E-state index >= 15 is 0 Å². The summed E-state index contributed by atoms with van der Waals surface area (Å²) in [4.78, 5) is 27.9. The van der Waals surface area contributed by atoms with Crippen molar-refractivity contribution >= 4 is 11.8 Å². The molecule has 0 saturated carbocycles. The largest absolute Gasteiger partial charge is 0.494 e. The molecule has 7 heteroatoms. The van der Waals surface area contributed by atoms with Gasteiger partial charge in [-0.05, 0) is 25.5 Å². The standard InChI is InChI=1S/C20H30N2O5/c1-17-5-7-18(8-6-17)27-13-3-4-19(23)21-9-11-22(12-10-21)20(24)16-26-15-14-25-2/h5-8H,3-4,9-16H2,1-2H3. The van der Waals surface area contributed by atoms with Crippen molar-refractivity contribution in [3.8, 4) is 5.75 Å². The second-order valence-corrected chi connectivity index (χ2v) is 6.57. The van der Waals surface area contributed by atoms with Crippen LogP contribution in [0.1, 0.15) is 18.4 Å². The number of piperazine rings is 1. The zero-order valence-corrected chi connectivity index (χ0v) is 16.3. The average molecular weight is 378 g/mol. The minimum Gasteiger partial charge on any atom is -0.494 e. The van der Waals surface area contributed by atoms with Crippen LogP contribution in [0.25, 0.3) is 0 Å². The number of rotatable bonds is 10. The SMILES string of the molecule is COCCOCC(=O)N1CCN(C(=O)CCCOc2ccc(C)cc2)CC1. The van der Waals surface area contributed by atoms with Gasteiger partial charge >= 0.3 is 0 Å². The third kappa shape index (κ3) is 7.56. The molecule has 1 aromatic rings. The van der Waals surface area contributed by atoms with E-state index in [0.717, 1.165) is 5.75 Å². The molecule has 1 aliphatic rings. The molecule has 0 radical (unpaired) electrons. The van der Waals surface area contributed by atoms with Gasteiger partial charge in [0.1, 0.15) is 12.4 Å². The van der Waals surface area contributed by atoms with Crippen LogP contribution in [0.5, 0.6) is 5.75 Å². The number of benzene rings is 1. The quantitative estimate of drug-likeness (QED) is 0.577. The monoisotopic (exact) mass is 378 g/mol. The van der Waals surface area contributed by atoms with Crippen LogP contribution < -0.4 is 4.74 Å². The van der Waals surface area contributed by atoms with E-state index in [1.54, 1.807) is 12.0 Å². The van der Waals surface area contributed by atoms with Crippen LogP contribution >= 0.6 is 0 Å². The van der Waals surface area contributed by atoms with E-state index in [1.165, 1.54) is 5.56 Å². The van der Waals surface area contributed by atoms with Crippen LogP contribution in [-0.4, -0.2) is 81.3 Å². The van der Waals surface area contributed by atoms with E-state index in [0.29, 0.717) is 58.8 Å². The molecular formula is C20H30N2O5.